The number of ether oxygens (including phenoxy) is 1. The molecule has 0 aliphatic heterocycles. The van der Waals surface area contributed by atoms with Crippen LogP contribution in [0.5, 0.6) is 5.75 Å². The summed E-state index contributed by atoms with van der Waals surface area (Å²) in [5.41, 5.74) is 1.32. The standard InChI is InChI=1S/C12H13ClO3/c1-3-16-11-5-4-9(13)7-10(11)8(2)6-12(14)15/h4-7H,3H2,1-2H3,(H,14,15)/b8-6+. The number of hydrogen-bond acceptors (Lipinski definition) is 2. The third-order valence-corrected chi connectivity index (χ3v) is 2.24. The second kappa shape index (κ2) is 5.56. The van der Waals surface area contributed by atoms with Gasteiger partial charge in [-0.1, -0.05) is 11.6 Å². The molecule has 1 aromatic rings. The summed E-state index contributed by atoms with van der Waals surface area (Å²) in [5.74, 6) is -0.346. The second-order valence-electron chi connectivity index (χ2n) is 3.24. The van der Waals surface area contributed by atoms with Gasteiger partial charge in [0.1, 0.15) is 5.75 Å². The van der Waals surface area contributed by atoms with Crippen molar-refractivity contribution in [2.75, 3.05) is 6.61 Å². The van der Waals surface area contributed by atoms with Gasteiger partial charge in [0.25, 0.3) is 0 Å². The van der Waals surface area contributed by atoms with Gasteiger partial charge in [-0.2, -0.15) is 0 Å². The summed E-state index contributed by atoms with van der Waals surface area (Å²) in [6.45, 7) is 4.10. The van der Waals surface area contributed by atoms with E-state index in [9.17, 15) is 4.79 Å². The molecule has 86 valence electrons. The quantitative estimate of drug-likeness (QED) is 0.822. The SMILES string of the molecule is CCOc1ccc(Cl)cc1/C(C)=C/C(=O)O. The highest BCUT2D eigenvalue weighted by Crippen LogP contribution is 2.28. The summed E-state index contributed by atoms with van der Waals surface area (Å²) in [6, 6.07) is 5.14. The van der Waals surface area contributed by atoms with Gasteiger partial charge in [0, 0.05) is 16.7 Å². The molecule has 0 radical (unpaired) electrons. The van der Waals surface area contributed by atoms with Crippen molar-refractivity contribution in [3.63, 3.8) is 0 Å². The van der Waals surface area contributed by atoms with Crippen LogP contribution >= 0.6 is 11.6 Å². The van der Waals surface area contributed by atoms with Gasteiger partial charge in [-0.05, 0) is 37.6 Å². The molecule has 0 aliphatic rings. The topological polar surface area (TPSA) is 46.5 Å². The molecule has 1 N–H and O–H groups in total. The fourth-order valence-electron chi connectivity index (χ4n) is 1.35. The first-order chi connectivity index (χ1) is 7.54. The van der Waals surface area contributed by atoms with Crippen LogP contribution in [-0.4, -0.2) is 17.7 Å². The van der Waals surface area contributed by atoms with E-state index in [-0.39, 0.29) is 0 Å². The van der Waals surface area contributed by atoms with Crippen LogP contribution in [0.2, 0.25) is 5.02 Å². The van der Waals surface area contributed by atoms with Crippen molar-refractivity contribution < 1.29 is 14.6 Å². The van der Waals surface area contributed by atoms with E-state index < -0.39 is 5.97 Å². The highest BCUT2D eigenvalue weighted by molar-refractivity contribution is 6.30. The van der Waals surface area contributed by atoms with Gasteiger partial charge in [-0.3, -0.25) is 0 Å². The summed E-state index contributed by atoms with van der Waals surface area (Å²) < 4.78 is 5.40. The molecule has 1 aromatic carbocycles. The molecule has 0 bridgehead atoms. The molecule has 0 saturated carbocycles. The van der Waals surface area contributed by atoms with Crippen LogP contribution in [0.3, 0.4) is 0 Å². The average molecular weight is 241 g/mol. The fraction of sp³-hybridized carbons (Fsp3) is 0.250. The Morgan fingerprint density at radius 1 is 1.56 bits per heavy atom. The first-order valence-corrected chi connectivity index (χ1v) is 5.26. The predicted molar refractivity (Wildman–Crippen MR) is 63.9 cm³/mol. The number of halogens is 1. The molecule has 4 heteroatoms. The zero-order valence-electron chi connectivity index (χ0n) is 9.16. The molecule has 0 aromatic heterocycles. The van der Waals surface area contributed by atoms with Crippen molar-refractivity contribution in [1.29, 1.82) is 0 Å². The maximum Gasteiger partial charge on any atom is 0.328 e. The molecule has 3 nitrogen and oxygen atoms in total. The van der Waals surface area contributed by atoms with Crippen LogP contribution in [-0.2, 0) is 4.79 Å². The number of rotatable bonds is 4. The number of carboxylic acids is 1. The lowest BCUT2D eigenvalue weighted by atomic mass is 10.1. The Labute approximate surface area is 99.3 Å². The third-order valence-electron chi connectivity index (χ3n) is 2.01. The van der Waals surface area contributed by atoms with E-state index in [0.29, 0.717) is 28.5 Å². The minimum Gasteiger partial charge on any atom is -0.493 e. The Kier molecular flexibility index (Phi) is 4.38. The molecule has 1 rings (SSSR count). The van der Waals surface area contributed by atoms with Crippen LogP contribution in [0.25, 0.3) is 5.57 Å². The van der Waals surface area contributed by atoms with Gasteiger partial charge in [-0.25, -0.2) is 4.79 Å². The van der Waals surface area contributed by atoms with E-state index in [1.54, 1.807) is 25.1 Å². The maximum atomic E-state index is 10.6. The van der Waals surface area contributed by atoms with E-state index >= 15 is 0 Å². The van der Waals surface area contributed by atoms with Crippen LogP contribution in [0.1, 0.15) is 19.4 Å². The first-order valence-electron chi connectivity index (χ1n) is 4.88. The van der Waals surface area contributed by atoms with Crippen molar-refractivity contribution in [3.8, 4) is 5.75 Å². The van der Waals surface area contributed by atoms with Crippen LogP contribution in [0, 0.1) is 0 Å². The third kappa shape index (κ3) is 3.28. The highest BCUT2D eigenvalue weighted by atomic mass is 35.5. The lowest BCUT2D eigenvalue weighted by molar-refractivity contribution is -0.131. The zero-order chi connectivity index (χ0) is 12.1. The van der Waals surface area contributed by atoms with Crippen molar-refractivity contribution in [1.82, 2.24) is 0 Å². The highest BCUT2D eigenvalue weighted by Gasteiger charge is 2.07. The number of carboxylic acid groups (broad SMARTS) is 1. The normalized spacial score (nSPS) is 11.3. The van der Waals surface area contributed by atoms with E-state index in [4.69, 9.17) is 21.4 Å². The van der Waals surface area contributed by atoms with Gasteiger partial charge >= 0.3 is 5.97 Å². The molecule has 0 saturated heterocycles. The average Bonchev–Trinajstić information content (AvgIpc) is 2.20. The molecule has 0 atom stereocenters. The first kappa shape index (κ1) is 12.6. The summed E-state index contributed by atoms with van der Waals surface area (Å²) >= 11 is 5.87. The van der Waals surface area contributed by atoms with Gasteiger partial charge < -0.3 is 9.84 Å². The van der Waals surface area contributed by atoms with Crippen LogP contribution in [0.4, 0.5) is 0 Å². The smallest absolute Gasteiger partial charge is 0.328 e. The summed E-state index contributed by atoms with van der Waals surface area (Å²) in [7, 11) is 0. The number of allylic oxidation sites excluding steroid dienone is 1. The molecular weight excluding hydrogens is 228 g/mol. The van der Waals surface area contributed by atoms with Gasteiger partial charge in [0.15, 0.2) is 0 Å². The zero-order valence-corrected chi connectivity index (χ0v) is 9.91. The van der Waals surface area contributed by atoms with Crippen LogP contribution in [0.15, 0.2) is 24.3 Å². The molecule has 0 heterocycles. The molecule has 0 aliphatic carbocycles. The van der Waals surface area contributed by atoms with Crippen molar-refractivity contribution >= 4 is 23.1 Å². The summed E-state index contributed by atoms with van der Waals surface area (Å²) in [5, 5.41) is 9.24. The van der Waals surface area contributed by atoms with E-state index in [1.807, 2.05) is 6.92 Å². The predicted octanol–water partition coefficient (Wildman–Crippen LogP) is 3.23. The Balaban J connectivity index is 3.18. The van der Waals surface area contributed by atoms with Gasteiger partial charge in [0.2, 0.25) is 0 Å². The molecule has 0 spiro atoms. The maximum absolute atomic E-state index is 10.6. The lowest BCUT2D eigenvalue weighted by Crippen LogP contribution is -1.97. The minimum absolute atomic E-state index is 0.523. The molecular formula is C12H13ClO3. The monoisotopic (exact) mass is 240 g/mol. The number of carbonyl (C=O) groups is 1. The number of benzene rings is 1. The van der Waals surface area contributed by atoms with E-state index in [1.165, 1.54) is 0 Å². The Bertz CT molecular complexity index is 424. The molecule has 0 amide bonds. The van der Waals surface area contributed by atoms with Crippen molar-refractivity contribution in [2.24, 2.45) is 0 Å². The fourth-order valence-corrected chi connectivity index (χ4v) is 1.53. The van der Waals surface area contributed by atoms with E-state index in [0.717, 1.165) is 6.08 Å². The lowest BCUT2D eigenvalue weighted by Gasteiger charge is -2.10. The molecule has 0 unspecified atom stereocenters. The number of aliphatic carboxylic acids is 1. The Morgan fingerprint density at radius 2 is 2.25 bits per heavy atom. The van der Waals surface area contributed by atoms with E-state index in [2.05, 4.69) is 0 Å². The van der Waals surface area contributed by atoms with Crippen molar-refractivity contribution in [2.45, 2.75) is 13.8 Å². The number of hydrogen-bond donors (Lipinski definition) is 1. The van der Waals surface area contributed by atoms with Gasteiger partial charge in [-0.15, -0.1) is 0 Å². The Hall–Kier alpha value is -1.48. The van der Waals surface area contributed by atoms with Crippen LogP contribution < -0.4 is 4.74 Å². The largest absolute Gasteiger partial charge is 0.493 e. The second-order valence-corrected chi connectivity index (χ2v) is 3.68. The van der Waals surface area contributed by atoms with Gasteiger partial charge in [0.05, 0.1) is 6.61 Å². The summed E-state index contributed by atoms with van der Waals surface area (Å²) in [4.78, 5) is 10.6. The molecule has 16 heavy (non-hydrogen) atoms. The molecule has 0 fully saturated rings. The Morgan fingerprint density at radius 3 is 2.81 bits per heavy atom. The minimum atomic E-state index is -0.986. The summed E-state index contributed by atoms with van der Waals surface area (Å²) in [6.07, 6.45) is 1.13. The van der Waals surface area contributed by atoms with Crippen molar-refractivity contribution in [3.05, 3.63) is 34.9 Å².